The van der Waals surface area contributed by atoms with Crippen LogP contribution in [0.1, 0.15) is 41.6 Å². The summed E-state index contributed by atoms with van der Waals surface area (Å²) in [5.41, 5.74) is 0.757. The van der Waals surface area contributed by atoms with Crippen molar-refractivity contribution in [3.63, 3.8) is 0 Å². The van der Waals surface area contributed by atoms with Crippen LogP contribution in [0.4, 0.5) is 0 Å². The van der Waals surface area contributed by atoms with Gasteiger partial charge in [0.05, 0.1) is 0 Å². The van der Waals surface area contributed by atoms with E-state index < -0.39 is 11.6 Å². The zero-order valence-electron chi connectivity index (χ0n) is 10.9. The lowest BCUT2D eigenvalue weighted by Crippen LogP contribution is -2.30. The molecule has 0 bridgehead atoms. The number of benzene rings is 1. The molecule has 1 saturated carbocycles. The molecule has 0 heterocycles. The van der Waals surface area contributed by atoms with E-state index in [0.717, 1.165) is 0 Å². The number of aliphatic hydroxyl groups is 1. The highest BCUT2D eigenvalue weighted by molar-refractivity contribution is 6.52. The number of carbonyl (C=O) groups excluding carboxylic acids is 3. The molecule has 1 fully saturated rings. The second-order valence-electron chi connectivity index (χ2n) is 5.30. The van der Waals surface area contributed by atoms with Gasteiger partial charge in [0.15, 0.2) is 0 Å². The van der Waals surface area contributed by atoms with Gasteiger partial charge in [-0.05, 0) is 18.8 Å². The number of ketones is 3. The van der Waals surface area contributed by atoms with E-state index in [2.05, 4.69) is 0 Å². The van der Waals surface area contributed by atoms with Gasteiger partial charge in [-0.1, -0.05) is 24.3 Å². The van der Waals surface area contributed by atoms with E-state index in [1.165, 1.54) is 6.07 Å². The average molecular weight is 270 g/mol. The minimum absolute atomic E-state index is 0.0839. The molecule has 0 amide bonds. The zero-order valence-corrected chi connectivity index (χ0v) is 10.9. The Morgan fingerprint density at radius 1 is 1.00 bits per heavy atom. The van der Waals surface area contributed by atoms with Gasteiger partial charge in [-0.15, -0.1) is 0 Å². The highest BCUT2D eigenvalue weighted by Crippen LogP contribution is 2.36. The fraction of sp³-hybridized carbons (Fsp3) is 0.312. The maximum Gasteiger partial charge on any atom is 0.234 e. The van der Waals surface area contributed by atoms with Gasteiger partial charge in [-0.3, -0.25) is 14.4 Å². The summed E-state index contributed by atoms with van der Waals surface area (Å²) >= 11 is 0. The van der Waals surface area contributed by atoms with E-state index in [1.54, 1.807) is 18.2 Å². The van der Waals surface area contributed by atoms with Crippen molar-refractivity contribution in [1.29, 1.82) is 0 Å². The largest absolute Gasteiger partial charge is 0.507 e. The molecule has 4 nitrogen and oxygen atoms in total. The molecular formula is C16H14O4. The number of hydrogen-bond donors (Lipinski definition) is 1. The summed E-state index contributed by atoms with van der Waals surface area (Å²) < 4.78 is 0. The van der Waals surface area contributed by atoms with Crippen molar-refractivity contribution < 1.29 is 19.5 Å². The van der Waals surface area contributed by atoms with Crippen LogP contribution in [-0.4, -0.2) is 22.5 Å². The SMILES string of the molecule is O=C1CCC[C@@H](C2=C(O)c3ccccc3C(=O)C2=O)C1. The van der Waals surface area contributed by atoms with E-state index >= 15 is 0 Å². The van der Waals surface area contributed by atoms with E-state index in [4.69, 9.17) is 0 Å². The summed E-state index contributed by atoms with van der Waals surface area (Å²) in [7, 11) is 0. The lowest BCUT2D eigenvalue weighted by molar-refractivity contribution is -0.121. The van der Waals surface area contributed by atoms with Crippen LogP contribution in [0.15, 0.2) is 29.8 Å². The summed E-state index contributed by atoms with van der Waals surface area (Å²) in [5.74, 6) is -1.64. The third kappa shape index (κ3) is 1.88. The van der Waals surface area contributed by atoms with Crippen molar-refractivity contribution in [2.24, 2.45) is 5.92 Å². The Morgan fingerprint density at radius 3 is 2.40 bits per heavy atom. The summed E-state index contributed by atoms with van der Waals surface area (Å²) in [6.07, 6.45) is 2.11. The Kier molecular flexibility index (Phi) is 3.01. The van der Waals surface area contributed by atoms with Crippen LogP contribution in [0.5, 0.6) is 0 Å². The van der Waals surface area contributed by atoms with E-state index in [0.29, 0.717) is 24.8 Å². The predicted molar refractivity (Wildman–Crippen MR) is 72.3 cm³/mol. The first kappa shape index (κ1) is 12.8. The van der Waals surface area contributed by atoms with Gasteiger partial charge < -0.3 is 5.11 Å². The Hall–Kier alpha value is -2.23. The first-order valence-electron chi connectivity index (χ1n) is 6.73. The minimum Gasteiger partial charge on any atom is -0.507 e. The first-order chi connectivity index (χ1) is 9.59. The van der Waals surface area contributed by atoms with Gasteiger partial charge in [0.1, 0.15) is 11.5 Å². The van der Waals surface area contributed by atoms with Crippen molar-refractivity contribution in [1.82, 2.24) is 0 Å². The standard InChI is InChI=1S/C16H14O4/c17-10-5-3-4-9(8-10)13-14(18)11-6-1-2-7-12(11)15(19)16(13)20/h1-2,6-7,9,18H,3-5,8H2/t9-/m1/s1. The molecule has 0 aromatic heterocycles. The molecule has 20 heavy (non-hydrogen) atoms. The quantitative estimate of drug-likeness (QED) is 0.796. The summed E-state index contributed by atoms with van der Waals surface area (Å²) in [5, 5.41) is 10.3. The molecule has 0 aliphatic heterocycles. The van der Waals surface area contributed by atoms with Gasteiger partial charge in [0.2, 0.25) is 11.6 Å². The Labute approximate surface area is 116 Å². The lowest BCUT2D eigenvalue weighted by Gasteiger charge is -2.26. The number of rotatable bonds is 1. The second kappa shape index (κ2) is 4.71. The van der Waals surface area contributed by atoms with Crippen LogP contribution in [0.3, 0.4) is 0 Å². The van der Waals surface area contributed by atoms with Crippen molar-refractivity contribution >= 4 is 23.1 Å². The molecule has 0 unspecified atom stereocenters. The molecule has 1 N–H and O–H groups in total. The van der Waals surface area contributed by atoms with E-state index in [1.807, 2.05) is 0 Å². The summed E-state index contributed by atoms with van der Waals surface area (Å²) in [4.78, 5) is 35.9. The third-order valence-electron chi connectivity index (χ3n) is 4.02. The van der Waals surface area contributed by atoms with Gasteiger partial charge >= 0.3 is 0 Å². The third-order valence-corrected chi connectivity index (χ3v) is 4.02. The van der Waals surface area contributed by atoms with E-state index in [-0.39, 0.29) is 35.0 Å². The van der Waals surface area contributed by atoms with Gasteiger partial charge in [0, 0.05) is 29.5 Å². The van der Waals surface area contributed by atoms with Crippen LogP contribution >= 0.6 is 0 Å². The Morgan fingerprint density at radius 2 is 1.70 bits per heavy atom. The monoisotopic (exact) mass is 270 g/mol. The van der Waals surface area contributed by atoms with Crippen molar-refractivity contribution in [2.75, 3.05) is 0 Å². The Balaban J connectivity index is 2.11. The smallest absolute Gasteiger partial charge is 0.234 e. The highest BCUT2D eigenvalue weighted by atomic mass is 16.3. The highest BCUT2D eigenvalue weighted by Gasteiger charge is 2.38. The fourth-order valence-corrected chi connectivity index (χ4v) is 3.03. The van der Waals surface area contributed by atoms with Crippen molar-refractivity contribution in [3.8, 4) is 0 Å². The van der Waals surface area contributed by atoms with Crippen LogP contribution in [0.2, 0.25) is 0 Å². The predicted octanol–water partition coefficient (Wildman–Crippen LogP) is 2.48. The average Bonchev–Trinajstić information content (AvgIpc) is 2.45. The molecular weight excluding hydrogens is 256 g/mol. The molecule has 1 atom stereocenters. The number of aliphatic hydroxyl groups excluding tert-OH is 1. The zero-order chi connectivity index (χ0) is 14.3. The Bertz CT molecular complexity index is 654. The number of carbonyl (C=O) groups is 3. The molecule has 102 valence electrons. The molecule has 0 saturated heterocycles. The molecule has 0 spiro atoms. The van der Waals surface area contributed by atoms with Gasteiger partial charge in [0.25, 0.3) is 0 Å². The second-order valence-corrected chi connectivity index (χ2v) is 5.30. The maximum absolute atomic E-state index is 12.2. The van der Waals surface area contributed by atoms with Gasteiger partial charge in [-0.2, -0.15) is 0 Å². The molecule has 4 heteroatoms. The van der Waals surface area contributed by atoms with Gasteiger partial charge in [-0.25, -0.2) is 0 Å². The number of Topliss-reactive ketones (excluding diaryl/α,β-unsaturated/α-hetero) is 3. The maximum atomic E-state index is 12.2. The molecule has 1 aromatic rings. The number of allylic oxidation sites excluding steroid dienone is 1. The van der Waals surface area contributed by atoms with Crippen LogP contribution in [0.25, 0.3) is 5.76 Å². The summed E-state index contributed by atoms with van der Waals surface area (Å²) in [6, 6.07) is 6.53. The molecule has 3 rings (SSSR count). The minimum atomic E-state index is -0.666. The molecule has 2 aliphatic rings. The van der Waals surface area contributed by atoms with Crippen LogP contribution < -0.4 is 0 Å². The topological polar surface area (TPSA) is 71.4 Å². The molecule has 2 aliphatic carbocycles. The van der Waals surface area contributed by atoms with Crippen LogP contribution in [-0.2, 0) is 9.59 Å². The first-order valence-corrected chi connectivity index (χ1v) is 6.73. The molecule has 1 aromatic carbocycles. The number of hydrogen-bond acceptors (Lipinski definition) is 4. The van der Waals surface area contributed by atoms with E-state index in [9.17, 15) is 19.5 Å². The van der Waals surface area contributed by atoms with Crippen molar-refractivity contribution in [2.45, 2.75) is 25.7 Å². The lowest BCUT2D eigenvalue weighted by atomic mass is 9.76. The normalized spacial score (nSPS) is 23.0. The number of fused-ring (bicyclic) bond motifs is 1. The summed E-state index contributed by atoms with van der Waals surface area (Å²) in [6.45, 7) is 0. The molecule has 0 radical (unpaired) electrons. The van der Waals surface area contributed by atoms with Crippen LogP contribution in [0, 0.1) is 5.92 Å². The fourth-order valence-electron chi connectivity index (χ4n) is 3.03. The van der Waals surface area contributed by atoms with Crippen molar-refractivity contribution in [3.05, 3.63) is 41.0 Å².